The number of rotatable bonds is 5. The first-order valence-electron chi connectivity index (χ1n) is 5.51. The maximum Gasteiger partial charge on any atom is 0.221 e. The van der Waals surface area contributed by atoms with Crippen molar-refractivity contribution in [1.29, 1.82) is 0 Å². The molecular weight excluding hydrogens is 220 g/mol. The Hall–Kier alpha value is -1.59. The van der Waals surface area contributed by atoms with Crippen molar-refractivity contribution in [3.63, 3.8) is 0 Å². The summed E-state index contributed by atoms with van der Waals surface area (Å²) in [6, 6.07) is 5.11. The first-order chi connectivity index (χ1) is 8.08. The summed E-state index contributed by atoms with van der Waals surface area (Å²) in [6.45, 7) is 3.92. The highest BCUT2D eigenvalue weighted by Crippen LogP contribution is 2.28. The summed E-state index contributed by atoms with van der Waals surface area (Å²) in [7, 11) is 0. The van der Waals surface area contributed by atoms with Crippen LogP contribution in [0.1, 0.15) is 25.5 Å². The molecule has 5 heteroatoms. The van der Waals surface area contributed by atoms with Crippen LogP contribution in [0.15, 0.2) is 18.2 Å². The molecule has 1 atom stereocenters. The van der Waals surface area contributed by atoms with E-state index in [0.29, 0.717) is 23.6 Å². The third-order valence-corrected chi connectivity index (χ3v) is 2.22. The number of amides is 1. The van der Waals surface area contributed by atoms with Crippen molar-refractivity contribution in [3.8, 4) is 5.75 Å². The summed E-state index contributed by atoms with van der Waals surface area (Å²) in [4.78, 5) is 11.1. The van der Waals surface area contributed by atoms with Gasteiger partial charge in [0.15, 0.2) is 0 Å². The third-order valence-electron chi connectivity index (χ3n) is 2.22. The standard InChI is InChI=1S/C12H18N2O3/c1-3-17-12-5-4-9(11(16)7-13)6-10(12)14-8(2)15/h4-6,11,16H,3,7,13H2,1-2H3,(H,14,15). The van der Waals surface area contributed by atoms with Crippen LogP contribution in [-0.4, -0.2) is 24.2 Å². The first kappa shape index (κ1) is 13.5. The Labute approximate surface area is 101 Å². The lowest BCUT2D eigenvalue weighted by atomic mass is 10.1. The first-order valence-corrected chi connectivity index (χ1v) is 5.51. The molecule has 1 aromatic carbocycles. The van der Waals surface area contributed by atoms with E-state index in [4.69, 9.17) is 10.5 Å². The van der Waals surface area contributed by atoms with Crippen molar-refractivity contribution >= 4 is 11.6 Å². The van der Waals surface area contributed by atoms with Crippen LogP contribution in [0.25, 0.3) is 0 Å². The molecule has 0 aromatic heterocycles. The van der Waals surface area contributed by atoms with Crippen molar-refractivity contribution in [3.05, 3.63) is 23.8 Å². The molecule has 0 fully saturated rings. The Morgan fingerprint density at radius 3 is 2.82 bits per heavy atom. The number of carbonyl (C=O) groups is 1. The Balaban J connectivity index is 3.04. The van der Waals surface area contributed by atoms with Gasteiger partial charge in [-0.25, -0.2) is 0 Å². The van der Waals surface area contributed by atoms with Crippen LogP contribution in [0.5, 0.6) is 5.75 Å². The molecule has 1 aromatic rings. The normalized spacial score (nSPS) is 12.0. The summed E-state index contributed by atoms with van der Waals surface area (Å²) < 4.78 is 5.38. The van der Waals surface area contributed by atoms with Gasteiger partial charge in [-0.2, -0.15) is 0 Å². The van der Waals surface area contributed by atoms with E-state index in [1.807, 2.05) is 6.92 Å². The maximum atomic E-state index is 11.1. The minimum Gasteiger partial charge on any atom is -0.492 e. The fourth-order valence-corrected chi connectivity index (χ4v) is 1.46. The number of benzene rings is 1. The van der Waals surface area contributed by atoms with E-state index in [2.05, 4.69) is 5.32 Å². The predicted molar refractivity (Wildman–Crippen MR) is 65.9 cm³/mol. The van der Waals surface area contributed by atoms with Gasteiger partial charge in [-0.15, -0.1) is 0 Å². The molecule has 17 heavy (non-hydrogen) atoms. The molecule has 0 saturated carbocycles. The molecule has 94 valence electrons. The number of aliphatic hydroxyl groups is 1. The van der Waals surface area contributed by atoms with Gasteiger partial charge >= 0.3 is 0 Å². The van der Waals surface area contributed by atoms with E-state index in [1.54, 1.807) is 18.2 Å². The topological polar surface area (TPSA) is 84.6 Å². The van der Waals surface area contributed by atoms with Gasteiger partial charge in [0.25, 0.3) is 0 Å². The smallest absolute Gasteiger partial charge is 0.221 e. The van der Waals surface area contributed by atoms with Gasteiger partial charge in [-0.1, -0.05) is 6.07 Å². The number of hydrogen-bond donors (Lipinski definition) is 3. The Bertz CT molecular complexity index is 393. The molecule has 0 aliphatic heterocycles. The molecule has 0 saturated heterocycles. The molecule has 1 amide bonds. The number of aliphatic hydroxyl groups excluding tert-OH is 1. The van der Waals surface area contributed by atoms with E-state index < -0.39 is 6.10 Å². The van der Waals surface area contributed by atoms with Crippen molar-refractivity contribution in [2.75, 3.05) is 18.5 Å². The van der Waals surface area contributed by atoms with Gasteiger partial charge in [-0.05, 0) is 24.6 Å². The molecule has 1 rings (SSSR count). The van der Waals surface area contributed by atoms with E-state index in [0.717, 1.165) is 0 Å². The second-order valence-corrected chi connectivity index (χ2v) is 3.62. The summed E-state index contributed by atoms with van der Waals surface area (Å²) in [5.41, 5.74) is 6.58. The van der Waals surface area contributed by atoms with Crippen LogP contribution < -0.4 is 15.8 Å². The number of nitrogens with two attached hydrogens (primary N) is 1. The maximum absolute atomic E-state index is 11.1. The Morgan fingerprint density at radius 1 is 1.59 bits per heavy atom. The van der Waals surface area contributed by atoms with Crippen molar-refractivity contribution in [1.82, 2.24) is 0 Å². The number of carbonyl (C=O) groups excluding carboxylic acids is 1. The lowest BCUT2D eigenvalue weighted by Crippen LogP contribution is -2.13. The molecule has 0 aliphatic carbocycles. The summed E-state index contributed by atoms with van der Waals surface area (Å²) >= 11 is 0. The van der Waals surface area contributed by atoms with Gasteiger partial charge in [-0.3, -0.25) is 4.79 Å². The average Bonchev–Trinajstić information content (AvgIpc) is 2.30. The van der Waals surface area contributed by atoms with Crippen molar-refractivity contribution < 1.29 is 14.6 Å². The largest absolute Gasteiger partial charge is 0.492 e. The van der Waals surface area contributed by atoms with E-state index in [1.165, 1.54) is 6.92 Å². The van der Waals surface area contributed by atoms with Crippen LogP contribution in [0.3, 0.4) is 0 Å². The highest BCUT2D eigenvalue weighted by atomic mass is 16.5. The fraction of sp³-hybridized carbons (Fsp3) is 0.417. The zero-order chi connectivity index (χ0) is 12.8. The minimum atomic E-state index is -0.738. The van der Waals surface area contributed by atoms with Gasteiger partial charge in [0.05, 0.1) is 18.4 Å². The molecule has 0 heterocycles. The van der Waals surface area contributed by atoms with Crippen LogP contribution in [0, 0.1) is 0 Å². The molecule has 0 bridgehead atoms. The fourth-order valence-electron chi connectivity index (χ4n) is 1.46. The lowest BCUT2D eigenvalue weighted by molar-refractivity contribution is -0.114. The van der Waals surface area contributed by atoms with Crippen molar-refractivity contribution in [2.24, 2.45) is 5.73 Å². The molecule has 0 aliphatic rings. The van der Waals surface area contributed by atoms with Gasteiger partial charge in [0.2, 0.25) is 5.91 Å². The predicted octanol–water partition coefficient (Wildman–Crippen LogP) is 1.04. The van der Waals surface area contributed by atoms with Gasteiger partial charge < -0.3 is 20.9 Å². The molecule has 4 N–H and O–H groups in total. The van der Waals surface area contributed by atoms with E-state index >= 15 is 0 Å². The highest BCUT2D eigenvalue weighted by molar-refractivity contribution is 5.90. The Kier molecular flexibility index (Phi) is 4.93. The average molecular weight is 238 g/mol. The van der Waals surface area contributed by atoms with Crippen molar-refractivity contribution in [2.45, 2.75) is 20.0 Å². The second kappa shape index (κ2) is 6.22. The van der Waals surface area contributed by atoms with Crippen LogP contribution in [0.2, 0.25) is 0 Å². The molecule has 1 unspecified atom stereocenters. The second-order valence-electron chi connectivity index (χ2n) is 3.62. The van der Waals surface area contributed by atoms with Crippen LogP contribution in [-0.2, 0) is 4.79 Å². The van der Waals surface area contributed by atoms with E-state index in [9.17, 15) is 9.90 Å². The number of anilines is 1. The minimum absolute atomic E-state index is 0.132. The van der Waals surface area contributed by atoms with Gasteiger partial charge in [0, 0.05) is 13.5 Å². The monoisotopic (exact) mass is 238 g/mol. The molecular formula is C12H18N2O3. The summed E-state index contributed by atoms with van der Waals surface area (Å²) in [5.74, 6) is 0.390. The quantitative estimate of drug-likeness (QED) is 0.715. The number of nitrogens with one attached hydrogen (secondary N) is 1. The molecule has 0 spiro atoms. The van der Waals surface area contributed by atoms with Crippen LogP contribution >= 0.6 is 0 Å². The lowest BCUT2D eigenvalue weighted by Gasteiger charge is -2.14. The zero-order valence-electron chi connectivity index (χ0n) is 10.1. The summed E-state index contributed by atoms with van der Waals surface area (Å²) in [5, 5.41) is 12.3. The Morgan fingerprint density at radius 2 is 2.29 bits per heavy atom. The van der Waals surface area contributed by atoms with Gasteiger partial charge in [0.1, 0.15) is 5.75 Å². The molecule has 5 nitrogen and oxygen atoms in total. The third kappa shape index (κ3) is 3.72. The SMILES string of the molecule is CCOc1ccc(C(O)CN)cc1NC(C)=O. The highest BCUT2D eigenvalue weighted by Gasteiger charge is 2.10. The number of ether oxygens (including phenoxy) is 1. The summed E-state index contributed by atoms with van der Waals surface area (Å²) in [6.07, 6.45) is -0.738. The molecule has 0 radical (unpaired) electrons. The van der Waals surface area contributed by atoms with Crippen LogP contribution in [0.4, 0.5) is 5.69 Å². The van der Waals surface area contributed by atoms with E-state index in [-0.39, 0.29) is 12.5 Å². The zero-order valence-corrected chi connectivity index (χ0v) is 10.1. The number of hydrogen-bond acceptors (Lipinski definition) is 4.